The number of rotatable bonds is 4. The first-order valence-corrected chi connectivity index (χ1v) is 8.26. The summed E-state index contributed by atoms with van der Waals surface area (Å²) in [6.07, 6.45) is 2.36. The molecule has 1 aliphatic rings. The van der Waals surface area contributed by atoms with Crippen LogP contribution in [0.15, 0.2) is 55.5 Å². The van der Waals surface area contributed by atoms with Gasteiger partial charge < -0.3 is 4.74 Å². The van der Waals surface area contributed by atoms with Crippen LogP contribution in [0, 0.1) is 0 Å². The highest BCUT2D eigenvalue weighted by atomic mass is 32.2. The van der Waals surface area contributed by atoms with Crippen molar-refractivity contribution in [1.29, 1.82) is 0 Å². The summed E-state index contributed by atoms with van der Waals surface area (Å²) in [5, 5.41) is 10.2. The molecular weight excluding hydrogens is 328 g/mol. The Labute approximate surface area is 131 Å². The Bertz CT molecular complexity index is 764. The molecule has 7 nitrogen and oxygen atoms in total. The fourth-order valence-electron chi connectivity index (χ4n) is 1.71. The van der Waals surface area contributed by atoms with Crippen LogP contribution < -0.4 is 10.2 Å². The lowest BCUT2D eigenvalue weighted by molar-refractivity contribution is -0.124. The molecule has 1 aromatic carbocycles. The van der Waals surface area contributed by atoms with Gasteiger partial charge >= 0.3 is 0 Å². The fourth-order valence-corrected chi connectivity index (χ4v) is 3.60. The summed E-state index contributed by atoms with van der Waals surface area (Å²) >= 11 is 0.970. The number of allylic oxidation sites excluding steroid dienone is 1. The summed E-state index contributed by atoms with van der Waals surface area (Å²) in [4.78, 5) is 11.4. The van der Waals surface area contributed by atoms with E-state index in [0.29, 0.717) is 5.75 Å². The number of methoxy groups -OCH3 is 1. The van der Waals surface area contributed by atoms with Crippen LogP contribution in [0.25, 0.3) is 0 Å². The van der Waals surface area contributed by atoms with Crippen LogP contribution in [0.1, 0.15) is 0 Å². The van der Waals surface area contributed by atoms with Gasteiger partial charge in [0.15, 0.2) is 0 Å². The van der Waals surface area contributed by atoms with Gasteiger partial charge in [-0.3, -0.25) is 10.0 Å². The Morgan fingerprint density at radius 1 is 1.32 bits per heavy atom. The molecule has 0 aromatic heterocycles. The molecule has 116 valence electrons. The van der Waals surface area contributed by atoms with Gasteiger partial charge in [0.25, 0.3) is 5.91 Å². The summed E-state index contributed by atoms with van der Waals surface area (Å²) in [6, 6.07) is 5.73. The molecule has 0 fully saturated rings. The first-order valence-electron chi connectivity index (χ1n) is 5.94. The van der Waals surface area contributed by atoms with Crippen molar-refractivity contribution in [2.75, 3.05) is 7.11 Å². The standard InChI is InChI=1S/C13H12N2O5S2/c1-20-9-2-4-10(5-3-9)22(18,19)12-8-14-21-7-6-11(12)13(16)15-17/h2-8,17H,1H3,(H,15,16). The third kappa shape index (κ3) is 3.21. The molecule has 1 aromatic rings. The van der Waals surface area contributed by atoms with Crippen LogP contribution in [-0.2, 0) is 14.6 Å². The SMILES string of the molecule is COc1ccc(S(=O)(=O)C2=C(C(=O)NO)C=CSN=C2)cc1. The van der Waals surface area contributed by atoms with Gasteiger partial charge in [0.2, 0.25) is 9.84 Å². The van der Waals surface area contributed by atoms with Crippen molar-refractivity contribution >= 4 is 33.9 Å². The third-order valence-electron chi connectivity index (χ3n) is 2.80. The molecule has 0 radical (unpaired) electrons. The number of benzene rings is 1. The van der Waals surface area contributed by atoms with E-state index in [0.717, 1.165) is 18.2 Å². The number of ether oxygens (including phenoxy) is 1. The number of carbonyl (C=O) groups excluding carboxylic acids is 1. The molecule has 1 aliphatic heterocycles. The van der Waals surface area contributed by atoms with Crippen molar-refractivity contribution in [2.24, 2.45) is 4.40 Å². The third-order valence-corrected chi connectivity index (χ3v) is 5.08. The molecule has 2 rings (SSSR count). The predicted molar refractivity (Wildman–Crippen MR) is 82.4 cm³/mol. The quantitative estimate of drug-likeness (QED) is 0.488. The lowest BCUT2D eigenvalue weighted by Gasteiger charge is -2.09. The average molecular weight is 340 g/mol. The minimum absolute atomic E-state index is 0.0155. The molecule has 0 saturated heterocycles. The highest BCUT2D eigenvalue weighted by molar-refractivity contribution is 8.01. The summed E-state index contributed by atoms with van der Waals surface area (Å²) in [7, 11) is -2.51. The van der Waals surface area contributed by atoms with Crippen LogP contribution in [0.2, 0.25) is 0 Å². The van der Waals surface area contributed by atoms with E-state index in [4.69, 9.17) is 9.94 Å². The second-order valence-electron chi connectivity index (χ2n) is 4.04. The topological polar surface area (TPSA) is 105 Å². The van der Waals surface area contributed by atoms with E-state index >= 15 is 0 Å². The van der Waals surface area contributed by atoms with E-state index in [1.807, 2.05) is 0 Å². The average Bonchev–Trinajstić information content (AvgIpc) is 2.80. The first-order chi connectivity index (χ1) is 10.5. The van der Waals surface area contributed by atoms with Crippen molar-refractivity contribution in [3.63, 3.8) is 0 Å². The molecule has 9 heteroatoms. The molecule has 22 heavy (non-hydrogen) atoms. The monoisotopic (exact) mass is 340 g/mol. The number of sulfone groups is 1. The van der Waals surface area contributed by atoms with Crippen molar-refractivity contribution in [1.82, 2.24) is 5.48 Å². The Morgan fingerprint density at radius 2 is 2.00 bits per heavy atom. The van der Waals surface area contributed by atoms with Crippen molar-refractivity contribution in [3.8, 4) is 5.75 Å². The second-order valence-corrected chi connectivity index (χ2v) is 6.65. The molecule has 0 unspecified atom stereocenters. The summed E-state index contributed by atoms with van der Waals surface area (Å²) in [5.74, 6) is -0.427. The second kappa shape index (κ2) is 6.77. The molecule has 0 atom stereocenters. The van der Waals surface area contributed by atoms with Gasteiger partial charge in [-0.2, -0.15) is 0 Å². The normalized spacial score (nSPS) is 14.6. The minimum Gasteiger partial charge on any atom is -0.497 e. The summed E-state index contributed by atoms with van der Waals surface area (Å²) in [5.41, 5.74) is 1.23. The number of nitrogens with one attached hydrogen (secondary N) is 1. The fraction of sp³-hybridized carbons (Fsp3) is 0.0769. The van der Waals surface area contributed by atoms with Gasteiger partial charge in [-0.1, -0.05) is 0 Å². The van der Waals surface area contributed by atoms with Crippen LogP contribution in [0.5, 0.6) is 5.75 Å². The summed E-state index contributed by atoms with van der Waals surface area (Å²) in [6.45, 7) is 0. The zero-order valence-electron chi connectivity index (χ0n) is 11.4. The highest BCUT2D eigenvalue weighted by Crippen LogP contribution is 2.26. The zero-order chi connectivity index (χ0) is 16.2. The number of nitrogens with zero attached hydrogens (tertiary/aromatic N) is 1. The largest absolute Gasteiger partial charge is 0.497 e. The van der Waals surface area contributed by atoms with Crippen molar-refractivity contribution in [2.45, 2.75) is 4.90 Å². The van der Waals surface area contributed by atoms with Gasteiger partial charge in [0, 0.05) is 11.9 Å². The lowest BCUT2D eigenvalue weighted by Crippen LogP contribution is -2.23. The number of carbonyl (C=O) groups is 1. The molecule has 1 amide bonds. The van der Waals surface area contributed by atoms with Gasteiger partial charge in [-0.25, -0.2) is 18.3 Å². The summed E-state index contributed by atoms with van der Waals surface area (Å²) < 4.78 is 34.2. The number of amides is 1. The molecule has 2 N–H and O–H groups in total. The smallest absolute Gasteiger partial charge is 0.276 e. The van der Waals surface area contributed by atoms with Crippen molar-refractivity contribution < 1.29 is 23.2 Å². The van der Waals surface area contributed by atoms with Crippen molar-refractivity contribution in [3.05, 3.63) is 46.2 Å². The van der Waals surface area contributed by atoms with Crippen LogP contribution in [-0.4, -0.2) is 32.9 Å². The van der Waals surface area contributed by atoms with E-state index in [1.165, 1.54) is 48.3 Å². The van der Waals surface area contributed by atoms with Gasteiger partial charge in [0.1, 0.15) is 10.7 Å². The molecule has 0 spiro atoms. The maximum absolute atomic E-state index is 12.7. The van der Waals surface area contributed by atoms with Gasteiger partial charge in [-0.05, 0) is 35.7 Å². The Morgan fingerprint density at radius 3 is 2.59 bits per heavy atom. The highest BCUT2D eigenvalue weighted by Gasteiger charge is 2.26. The van der Waals surface area contributed by atoms with E-state index in [1.54, 1.807) is 0 Å². The first kappa shape index (κ1) is 16.3. The minimum atomic E-state index is -3.98. The molecular formula is C13H12N2O5S2. The molecule has 0 aliphatic carbocycles. The van der Waals surface area contributed by atoms with Gasteiger partial charge in [-0.15, -0.1) is 0 Å². The van der Waals surface area contributed by atoms with Gasteiger partial charge in [0.05, 0.1) is 23.8 Å². The Balaban J connectivity index is 2.59. The van der Waals surface area contributed by atoms with E-state index in [-0.39, 0.29) is 15.4 Å². The number of hydrogen-bond acceptors (Lipinski definition) is 7. The Kier molecular flexibility index (Phi) is 5.01. The molecule has 0 bridgehead atoms. The zero-order valence-corrected chi connectivity index (χ0v) is 13.0. The van der Waals surface area contributed by atoms with Crippen LogP contribution in [0.4, 0.5) is 0 Å². The number of hydrogen-bond donors (Lipinski definition) is 2. The lowest BCUT2D eigenvalue weighted by atomic mass is 10.2. The molecule has 0 saturated carbocycles. The van der Waals surface area contributed by atoms with E-state index < -0.39 is 15.7 Å². The van der Waals surface area contributed by atoms with E-state index in [9.17, 15) is 13.2 Å². The van der Waals surface area contributed by atoms with Crippen LogP contribution >= 0.6 is 11.9 Å². The maximum atomic E-state index is 12.7. The van der Waals surface area contributed by atoms with Crippen LogP contribution in [0.3, 0.4) is 0 Å². The van der Waals surface area contributed by atoms with E-state index in [2.05, 4.69) is 4.40 Å². The maximum Gasteiger partial charge on any atom is 0.276 e. The predicted octanol–water partition coefficient (Wildman–Crippen LogP) is 1.47. The number of hydroxylamine groups is 1. The molecule has 1 heterocycles. The Hall–Kier alpha value is -2.10.